The summed E-state index contributed by atoms with van der Waals surface area (Å²) in [7, 11) is 1.67. The average molecular weight is 296 g/mol. The van der Waals surface area contributed by atoms with E-state index in [-0.39, 0.29) is 11.7 Å². The van der Waals surface area contributed by atoms with Gasteiger partial charge in [0, 0.05) is 11.9 Å². The number of rotatable bonds is 1. The van der Waals surface area contributed by atoms with Crippen LogP contribution >= 0.6 is 11.8 Å². The Morgan fingerprint density at radius 2 is 1.86 bits per heavy atom. The second-order valence-electron chi connectivity index (χ2n) is 4.77. The van der Waals surface area contributed by atoms with Crippen LogP contribution in [0.15, 0.2) is 53.4 Å². The first-order valence-electron chi connectivity index (χ1n) is 6.35. The van der Waals surface area contributed by atoms with Crippen LogP contribution in [0, 0.1) is 11.3 Å². The highest BCUT2D eigenvalue weighted by molar-refractivity contribution is 8.01. The van der Waals surface area contributed by atoms with Crippen LogP contribution in [0.4, 0.5) is 5.69 Å². The molecule has 0 fully saturated rings. The van der Waals surface area contributed by atoms with Crippen molar-refractivity contribution in [3.8, 4) is 11.8 Å². The van der Waals surface area contributed by atoms with E-state index in [4.69, 9.17) is 0 Å². The summed E-state index contributed by atoms with van der Waals surface area (Å²) in [5, 5.41) is 19.1. The summed E-state index contributed by atoms with van der Waals surface area (Å²) in [6, 6.07) is 15.9. The maximum absolute atomic E-state index is 12.7. The number of benzene rings is 2. The minimum atomic E-state index is -1.32. The number of nitrogens with zero attached hydrogens (tertiary/aromatic N) is 2. The molecule has 5 heteroatoms. The summed E-state index contributed by atoms with van der Waals surface area (Å²) in [5.74, 6) is -0.173. The lowest BCUT2D eigenvalue weighted by atomic mass is 9.97. The summed E-state index contributed by atoms with van der Waals surface area (Å²) in [6.07, 6.45) is 0. The molecule has 0 aromatic heterocycles. The predicted molar refractivity (Wildman–Crippen MR) is 81.1 cm³/mol. The fourth-order valence-electron chi connectivity index (χ4n) is 2.39. The van der Waals surface area contributed by atoms with Gasteiger partial charge in [-0.3, -0.25) is 4.79 Å². The van der Waals surface area contributed by atoms with Gasteiger partial charge in [0.05, 0.1) is 11.8 Å². The van der Waals surface area contributed by atoms with E-state index in [0.29, 0.717) is 5.56 Å². The number of fused-ring (bicyclic) bond motifs is 1. The van der Waals surface area contributed by atoms with Gasteiger partial charge in [0.15, 0.2) is 0 Å². The van der Waals surface area contributed by atoms with Crippen molar-refractivity contribution in [2.45, 2.75) is 9.64 Å². The van der Waals surface area contributed by atoms with Crippen LogP contribution in [0.1, 0.15) is 5.56 Å². The molecule has 21 heavy (non-hydrogen) atoms. The van der Waals surface area contributed by atoms with Crippen LogP contribution in [-0.2, 0) is 9.54 Å². The Morgan fingerprint density at radius 3 is 2.52 bits per heavy atom. The highest BCUT2D eigenvalue weighted by Gasteiger charge is 2.48. The number of nitriles is 1. The van der Waals surface area contributed by atoms with Crippen LogP contribution in [0.3, 0.4) is 0 Å². The highest BCUT2D eigenvalue weighted by Crippen LogP contribution is 2.50. The number of phenols is 1. The SMILES string of the molecule is CN1C(=O)C(C#N)(c2ccc(O)cc2)Sc2ccccc21. The van der Waals surface area contributed by atoms with Gasteiger partial charge in [0.2, 0.25) is 4.75 Å². The largest absolute Gasteiger partial charge is 0.508 e. The van der Waals surface area contributed by atoms with Crippen molar-refractivity contribution in [3.05, 3.63) is 54.1 Å². The van der Waals surface area contributed by atoms with Gasteiger partial charge in [-0.25, -0.2) is 0 Å². The second kappa shape index (κ2) is 4.83. The molecule has 1 unspecified atom stereocenters. The Morgan fingerprint density at radius 1 is 1.19 bits per heavy atom. The standard InChI is InChI=1S/C16H12N2O2S/c1-18-13-4-2-3-5-14(13)21-16(10-17,15(18)20)11-6-8-12(19)9-7-11/h2-9,19H,1H3. The number of amides is 1. The maximum atomic E-state index is 12.7. The lowest BCUT2D eigenvalue weighted by Crippen LogP contribution is -2.45. The van der Waals surface area contributed by atoms with Crippen LogP contribution in [0.5, 0.6) is 5.75 Å². The molecule has 1 N–H and O–H groups in total. The molecule has 1 atom stereocenters. The Balaban J connectivity index is 2.18. The first-order chi connectivity index (χ1) is 10.1. The number of hydrogen-bond donors (Lipinski definition) is 1. The number of carbonyl (C=O) groups is 1. The van der Waals surface area contributed by atoms with Crippen molar-refractivity contribution in [3.63, 3.8) is 0 Å². The molecular formula is C16H12N2O2S. The average Bonchev–Trinajstić information content (AvgIpc) is 2.52. The fourth-order valence-corrected chi connectivity index (χ4v) is 3.70. The van der Waals surface area contributed by atoms with Gasteiger partial charge in [0.1, 0.15) is 5.75 Å². The second-order valence-corrected chi connectivity index (χ2v) is 6.03. The predicted octanol–water partition coefficient (Wildman–Crippen LogP) is 2.88. The van der Waals surface area contributed by atoms with E-state index in [2.05, 4.69) is 6.07 Å². The molecule has 104 valence electrons. The number of aromatic hydroxyl groups is 1. The van der Waals surface area contributed by atoms with E-state index in [1.807, 2.05) is 24.3 Å². The van der Waals surface area contributed by atoms with Crippen LogP contribution < -0.4 is 4.90 Å². The third-order valence-corrected chi connectivity index (χ3v) is 4.90. The van der Waals surface area contributed by atoms with Gasteiger partial charge in [0.25, 0.3) is 5.91 Å². The van der Waals surface area contributed by atoms with Gasteiger partial charge in [-0.2, -0.15) is 5.26 Å². The summed E-state index contributed by atoms with van der Waals surface area (Å²) >= 11 is 1.24. The minimum absolute atomic E-state index is 0.105. The first kappa shape index (κ1) is 13.5. The van der Waals surface area contributed by atoms with E-state index in [9.17, 15) is 15.2 Å². The molecule has 3 rings (SSSR count). The molecule has 0 saturated heterocycles. The van der Waals surface area contributed by atoms with Gasteiger partial charge in [-0.15, -0.1) is 0 Å². The Labute approximate surface area is 126 Å². The van der Waals surface area contributed by atoms with Crippen molar-refractivity contribution >= 4 is 23.4 Å². The van der Waals surface area contributed by atoms with Crippen molar-refractivity contribution in [2.24, 2.45) is 0 Å². The van der Waals surface area contributed by atoms with Crippen molar-refractivity contribution in [1.82, 2.24) is 0 Å². The molecule has 1 heterocycles. The third-order valence-electron chi connectivity index (χ3n) is 3.53. The molecule has 0 bridgehead atoms. The molecule has 1 aliphatic rings. The van der Waals surface area contributed by atoms with E-state index in [1.54, 1.807) is 19.2 Å². The van der Waals surface area contributed by atoms with E-state index in [1.165, 1.54) is 28.8 Å². The topological polar surface area (TPSA) is 64.3 Å². The summed E-state index contributed by atoms with van der Waals surface area (Å²) < 4.78 is -1.32. The van der Waals surface area contributed by atoms with Crippen molar-refractivity contribution < 1.29 is 9.90 Å². The Kier molecular flexibility index (Phi) is 3.11. The van der Waals surface area contributed by atoms with Gasteiger partial charge in [-0.05, 0) is 29.8 Å². The minimum Gasteiger partial charge on any atom is -0.508 e. The normalized spacial score (nSPS) is 20.8. The van der Waals surface area contributed by atoms with Crippen molar-refractivity contribution in [1.29, 1.82) is 5.26 Å². The Bertz CT molecular complexity index is 752. The molecule has 2 aromatic rings. The maximum Gasteiger partial charge on any atom is 0.262 e. The number of carbonyl (C=O) groups excluding carboxylic acids is 1. The molecule has 1 amide bonds. The Hall–Kier alpha value is -2.45. The lowest BCUT2D eigenvalue weighted by molar-refractivity contribution is -0.119. The zero-order chi connectivity index (χ0) is 15.0. The first-order valence-corrected chi connectivity index (χ1v) is 7.17. The zero-order valence-electron chi connectivity index (χ0n) is 11.3. The van der Waals surface area contributed by atoms with Crippen LogP contribution in [-0.4, -0.2) is 18.1 Å². The number of phenolic OH excluding ortho intramolecular Hbond substituents is 1. The van der Waals surface area contributed by atoms with Crippen LogP contribution in [0.25, 0.3) is 0 Å². The van der Waals surface area contributed by atoms with E-state index in [0.717, 1.165) is 10.6 Å². The van der Waals surface area contributed by atoms with Gasteiger partial charge >= 0.3 is 0 Å². The van der Waals surface area contributed by atoms with Gasteiger partial charge in [-0.1, -0.05) is 36.0 Å². The van der Waals surface area contributed by atoms with E-state index >= 15 is 0 Å². The molecule has 0 radical (unpaired) electrons. The summed E-state index contributed by atoms with van der Waals surface area (Å²) in [4.78, 5) is 15.1. The molecule has 2 aromatic carbocycles. The summed E-state index contributed by atoms with van der Waals surface area (Å²) in [5.41, 5.74) is 1.37. The smallest absolute Gasteiger partial charge is 0.262 e. The summed E-state index contributed by atoms with van der Waals surface area (Å²) in [6.45, 7) is 0. The van der Waals surface area contributed by atoms with E-state index < -0.39 is 4.75 Å². The highest BCUT2D eigenvalue weighted by atomic mass is 32.2. The van der Waals surface area contributed by atoms with Gasteiger partial charge < -0.3 is 10.0 Å². The number of para-hydroxylation sites is 1. The van der Waals surface area contributed by atoms with Crippen molar-refractivity contribution in [2.75, 3.05) is 11.9 Å². The molecule has 4 nitrogen and oxygen atoms in total. The molecule has 0 spiro atoms. The fraction of sp³-hybridized carbons (Fsp3) is 0.125. The molecule has 1 aliphatic heterocycles. The third kappa shape index (κ3) is 1.96. The molecular weight excluding hydrogens is 284 g/mol. The molecule has 0 aliphatic carbocycles. The lowest BCUT2D eigenvalue weighted by Gasteiger charge is -2.36. The quantitative estimate of drug-likeness (QED) is 0.879. The number of anilines is 1. The van der Waals surface area contributed by atoms with Crippen LogP contribution in [0.2, 0.25) is 0 Å². The number of likely N-dealkylation sites (N-methyl/N-ethyl adjacent to an activating group) is 1. The number of thioether (sulfide) groups is 1. The zero-order valence-corrected chi connectivity index (χ0v) is 12.1. The monoisotopic (exact) mass is 296 g/mol. The molecule has 0 saturated carbocycles. The number of hydrogen-bond acceptors (Lipinski definition) is 4.